The number of ketones is 2. The van der Waals surface area contributed by atoms with Gasteiger partial charge in [-0.3, -0.25) is 9.59 Å². The molecule has 52 valence electrons. The second-order valence-corrected chi connectivity index (χ2v) is 1.75. The van der Waals surface area contributed by atoms with Gasteiger partial charge in [0.05, 0.1) is 1.37 Å². The second kappa shape index (κ2) is 2.21. The molecule has 0 radical (unpaired) electrons. The summed E-state index contributed by atoms with van der Waals surface area (Å²) >= 11 is 0. The number of rotatable bonds is 0. The predicted molar refractivity (Wildman–Crippen MR) is 37.5 cm³/mol. The molecule has 0 spiro atoms. The van der Waals surface area contributed by atoms with E-state index >= 15 is 0 Å². The Hall–Kier alpha value is -1.18. The van der Waals surface area contributed by atoms with Crippen molar-refractivity contribution in [2.45, 2.75) is 13.7 Å². The van der Waals surface area contributed by atoms with Crippen molar-refractivity contribution in [3.63, 3.8) is 0 Å². The van der Waals surface area contributed by atoms with Gasteiger partial charge in [0, 0.05) is 19.4 Å². The minimum atomic E-state index is -2.90. The van der Waals surface area contributed by atoms with E-state index in [1.807, 2.05) is 0 Å². The molecular formula is C8H8O2. The molecule has 0 aliphatic heterocycles. The molecule has 10 heavy (non-hydrogen) atoms. The minimum absolute atomic E-state index is 0.481. The number of hydrogen-bond acceptors (Lipinski definition) is 2. The maximum Gasteiger partial charge on any atom is 0.182 e. The van der Waals surface area contributed by atoms with Crippen LogP contribution in [-0.2, 0) is 9.59 Å². The highest BCUT2D eigenvalue weighted by Gasteiger charge is 2.12. The van der Waals surface area contributed by atoms with E-state index in [0.29, 0.717) is 6.08 Å². The quantitative estimate of drug-likeness (QED) is 0.475. The van der Waals surface area contributed by atoms with Crippen molar-refractivity contribution in [2.24, 2.45) is 0 Å². The van der Waals surface area contributed by atoms with E-state index < -0.39 is 42.5 Å². The summed E-state index contributed by atoms with van der Waals surface area (Å²) in [7, 11) is 0. The molecule has 0 aromatic carbocycles. The molecule has 0 unspecified atom stereocenters. The van der Waals surface area contributed by atoms with Crippen LogP contribution in [0.25, 0.3) is 0 Å². The van der Waals surface area contributed by atoms with Gasteiger partial charge in [0.15, 0.2) is 11.6 Å². The first-order valence-corrected chi connectivity index (χ1v) is 2.49. The van der Waals surface area contributed by atoms with Gasteiger partial charge in [-0.2, -0.15) is 0 Å². The first kappa shape index (κ1) is 2.16. The van der Waals surface area contributed by atoms with Crippen LogP contribution in [0.3, 0.4) is 0 Å². The molecule has 0 bridgehead atoms. The zero-order valence-corrected chi connectivity index (χ0v) is 4.89. The summed E-state index contributed by atoms with van der Waals surface area (Å²) in [5.41, 5.74) is -1.75. The zero-order chi connectivity index (χ0) is 13.6. The van der Waals surface area contributed by atoms with Crippen LogP contribution in [0.2, 0.25) is 0 Å². The van der Waals surface area contributed by atoms with Crippen molar-refractivity contribution >= 4 is 11.6 Å². The maximum absolute atomic E-state index is 11.5. The van der Waals surface area contributed by atoms with E-state index in [1.165, 1.54) is 0 Å². The predicted octanol–water partition coefficient (Wildman–Crippen LogP) is 1.03. The van der Waals surface area contributed by atoms with Crippen molar-refractivity contribution < 1.29 is 19.2 Å². The third-order valence-corrected chi connectivity index (χ3v) is 1.00. The van der Waals surface area contributed by atoms with E-state index in [1.54, 1.807) is 0 Å². The summed E-state index contributed by atoms with van der Waals surface area (Å²) in [5, 5.41) is 0. The first-order chi connectivity index (χ1) is 7.46. The number of carbonyl (C=O) groups is 2. The molecular weight excluding hydrogens is 128 g/mol. The van der Waals surface area contributed by atoms with E-state index in [-0.39, 0.29) is 0 Å². The maximum atomic E-state index is 11.5. The molecule has 0 amide bonds. The summed E-state index contributed by atoms with van der Waals surface area (Å²) < 4.78 is 49.3. The lowest BCUT2D eigenvalue weighted by Crippen LogP contribution is -2.08. The van der Waals surface area contributed by atoms with E-state index in [4.69, 9.17) is 9.60 Å². The molecule has 1 rings (SSSR count). The van der Waals surface area contributed by atoms with E-state index in [9.17, 15) is 9.59 Å². The second-order valence-electron chi connectivity index (χ2n) is 1.75. The molecule has 0 N–H and O–H groups in total. The van der Waals surface area contributed by atoms with Crippen LogP contribution in [0.5, 0.6) is 0 Å². The Morgan fingerprint density at radius 1 is 1.30 bits per heavy atom. The third kappa shape index (κ3) is 1.05. The first-order valence-electron chi connectivity index (χ1n) is 5.99. The highest BCUT2D eigenvalue weighted by atomic mass is 16.1. The van der Waals surface area contributed by atoms with Gasteiger partial charge >= 0.3 is 0 Å². The third-order valence-electron chi connectivity index (χ3n) is 1.00. The van der Waals surface area contributed by atoms with Gasteiger partial charge in [0.1, 0.15) is 0 Å². The molecule has 0 saturated heterocycles. The largest absolute Gasteiger partial charge is 0.290 e. The van der Waals surface area contributed by atoms with Crippen molar-refractivity contribution in [3.8, 4) is 0 Å². The van der Waals surface area contributed by atoms with E-state index in [2.05, 4.69) is 0 Å². The topological polar surface area (TPSA) is 34.1 Å². The molecule has 1 aliphatic carbocycles. The molecule has 0 atom stereocenters. The van der Waals surface area contributed by atoms with Crippen LogP contribution < -0.4 is 0 Å². The van der Waals surface area contributed by atoms with Crippen molar-refractivity contribution in [3.05, 3.63) is 23.3 Å². The standard InChI is InChI=1S/C8H8O2/c1-5-3-8(10)6(2)4-7(5)9/h3-4H,1-2H3/i1D3,2D3,3D. The SMILES string of the molecule is [2H]C1=C(C([2H])([2H])[2H])C(=O)C=C(C([2H])([2H])[2H])C1=O. The summed E-state index contributed by atoms with van der Waals surface area (Å²) in [6.45, 7) is -5.74. The van der Waals surface area contributed by atoms with Gasteiger partial charge in [-0.05, 0) is 25.8 Å². The fraction of sp³-hybridized carbons (Fsp3) is 0.250. The van der Waals surface area contributed by atoms with Crippen LogP contribution in [0.4, 0.5) is 0 Å². The molecule has 0 aromatic rings. The molecule has 1 aliphatic rings. The molecule has 0 aromatic heterocycles. The molecule has 2 heteroatoms. The Labute approximate surface area is 69.1 Å². The lowest BCUT2D eigenvalue weighted by Gasteiger charge is -2.03. The van der Waals surface area contributed by atoms with Crippen LogP contribution >= 0.6 is 0 Å². The fourth-order valence-corrected chi connectivity index (χ4v) is 0.511. The van der Waals surface area contributed by atoms with Gasteiger partial charge in [-0.25, -0.2) is 0 Å². The Bertz CT molecular complexity index is 449. The van der Waals surface area contributed by atoms with Crippen molar-refractivity contribution in [1.29, 1.82) is 0 Å². The number of hydrogen-bond donors (Lipinski definition) is 0. The average Bonchev–Trinajstić information content (AvgIpc) is 2.07. The minimum Gasteiger partial charge on any atom is -0.290 e. The normalized spacial score (nSPS) is 32.4. The summed E-state index contributed by atoms with van der Waals surface area (Å²) in [6, 6.07) is -1.07. The highest BCUT2D eigenvalue weighted by molar-refractivity contribution is 6.19. The van der Waals surface area contributed by atoms with Crippen LogP contribution in [0.15, 0.2) is 23.3 Å². The highest BCUT2D eigenvalue weighted by Crippen LogP contribution is 2.09. The lowest BCUT2D eigenvalue weighted by atomic mass is 10.00. The smallest absolute Gasteiger partial charge is 0.182 e. The van der Waals surface area contributed by atoms with Gasteiger partial charge in [-0.1, -0.05) is 0 Å². The molecule has 0 fully saturated rings. The summed E-state index contributed by atoms with van der Waals surface area (Å²) in [5.74, 6) is -2.36. The van der Waals surface area contributed by atoms with Gasteiger partial charge in [0.25, 0.3) is 0 Å². The van der Waals surface area contributed by atoms with Gasteiger partial charge < -0.3 is 0 Å². The van der Waals surface area contributed by atoms with Crippen LogP contribution in [0.1, 0.15) is 23.3 Å². The van der Waals surface area contributed by atoms with Crippen molar-refractivity contribution in [2.75, 3.05) is 0 Å². The van der Waals surface area contributed by atoms with E-state index in [0.717, 1.165) is 0 Å². The Morgan fingerprint density at radius 2 is 2.00 bits per heavy atom. The number of allylic oxidation sites excluding steroid dienone is 4. The molecule has 2 nitrogen and oxygen atoms in total. The van der Waals surface area contributed by atoms with Crippen LogP contribution in [0, 0.1) is 0 Å². The zero-order valence-electron chi connectivity index (χ0n) is 11.9. The van der Waals surface area contributed by atoms with Crippen molar-refractivity contribution in [1.82, 2.24) is 0 Å². The lowest BCUT2D eigenvalue weighted by molar-refractivity contribution is -0.115. The Balaban J connectivity index is 3.35. The Kier molecular flexibility index (Phi) is 0.477. The average molecular weight is 143 g/mol. The number of carbonyl (C=O) groups excluding carboxylic acids is 2. The summed E-state index contributed by atoms with van der Waals surface area (Å²) in [4.78, 5) is 22.9. The van der Waals surface area contributed by atoms with Gasteiger partial charge in [0.2, 0.25) is 0 Å². The molecule has 0 heterocycles. The fourth-order valence-electron chi connectivity index (χ4n) is 0.511. The monoisotopic (exact) mass is 143 g/mol. The Morgan fingerprint density at radius 3 is 2.60 bits per heavy atom. The van der Waals surface area contributed by atoms with Gasteiger partial charge in [-0.15, -0.1) is 0 Å². The molecule has 0 saturated carbocycles. The summed E-state index contributed by atoms with van der Waals surface area (Å²) in [6.07, 6.45) is 0.481. The van der Waals surface area contributed by atoms with Crippen LogP contribution in [-0.4, -0.2) is 11.6 Å².